The lowest BCUT2D eigenvalue weighted by Gasteiger charge is -2.19. The molecule has 0 amide bonds. The Kier molecular flexibility index (Phi) is 7.91. The van der Waals surface area contributed by atoms with Gasteiger partial charge in [-0.3, -0.25) is 0 Å². The lowest BCUT2D eigenvalue weighted by molar-refractivity contribution is 0.188. The van der Waals surface area contributed by atoms with Gasteiger partial charge in [0.15, 0.2) is 0 Å². The number of rotatable bonds is 8. The number of hydrogen-bond donors (Lipinski definition) is 1. The largest absolute Gasteiger partial charge is 0.385 e. The van der Waals surface area contributed by atoms with Gasteiger partial charge in [0.05, 0.1) is 5.02 Å². The molecule has 0 saturated heterocycles. The lowest BCUT2D eigenvalue weighted by atomic mass is 10.0. The Hall–Kier alpha value is -0.0900. The van der Waals surface area contributed by atoms with Gasteiger partial charge in [-0.05, 0) is 59.4 Å². The zero-order valence-electron chi connectivity index (χ0n) is 11.0. The average Bonchev–Trinajstić information content (AvgIpc) is 2.37. The highest BCUT2D eigenvalue weighted by Gasteiger charge is 2.11. The predicted molar refractivity (Wildman–Crippen MR) is 81.3 cm³/mol. The van der Waals surface area contributed by atoms with Gasteiger partial charge < -0.3 is 10.1 Å². The molecule has 1 aromatic carbocycles. The quantitative estimate of drug-likeness (QED) is 0.703. The number of ether oxygens (including phenoxy) is 1. The molecular formula is C14H21BrClNO. The molecule has 0 fully saturated rings. The fourth-order valence-electron chi connectivity index (χ4n) is 1.87. The Morgan fingerprint density at radius 2 is 2.22 bits per heavy atom. The lowest BCUT2D eigenvalue weighted by Crippen LogP contribution is -2.22. The summed E-state index contributed by atoms with van der Waals surface area (Å²) in [4.78, 5) is 0. The number of nitrogens with one attached hydrogen (secondary N) is 1. The second-order valence-corrected chi connectivity index (χ2v) is 5.58. The fourth-order valence-corrected chi connectivity index (χ4v) is 2.38. The molecular weight excluding hydrogens is 314 g/mol. The Balaban J connectivity index is 2.70. The maximum atomic E-state index is 6.03. The molecule has 0 radical (unpaired) electrons. The molecule has 0 heterocycles. The minimum atomic E-state index is 0.369. The normalized spacial score (nSPS) is 12.7. The molecule has 0 aliphatic rings. The first-order valence-electron chi connectivity index (χ1n) is 6.36. The molecule has 4 heteroatoms. The second kappa shape index (κ2) is 8.92. The van der Waals surface area contributed by atoms with E-state index in [4.69, 9.17) is 16.3 Å². The molecule has 0 aliphatic carbocycles. The molecule has 2 nitrogen and oxygen atoms in total. The minimum Gasteiger partial charge on any atom is -0.385 e. The molecule has 0 spiro atoms. The van der Waals surface area contributed by atoms with Crippen molar-refractivity contribution >= 4 is 27.5 Å². The van der Waals surface area contributed by atoms with Crippen molar-refractivity contribution in [3.63, 3.8) is 0 Å². The Labute approximate surface area is 123 Å². The number of hydrogen-bond acceptors (Lipinski definition) is 2. The Morgan fingerprint density at radius 1 is 1.44 bits per heavy atom. The van der Waals surface area contributed by atoms with Gasteiger partial charge in [-0.1, -0.05) is 24.6 Å². The summed E-state index contributed by atoms with van der Waals surface area (Å²) in [5.74, 6) is 0. The summed E-state index contributed by atoms with van der Waals surface area (Å²) >= 11 is 9.51. The number of halogens is 2. The molecule has 1 rings (SSSR count). The maximum Gasteiger partial charge on any atom is 0.0548 e. The topological polar surface area (TPSA) is 21.3 Å². The summed E-state index contributed by atoms with van der Waals surface area (Å²) in [5.41, 5.74) is 1.27. The third kappa shape index (κ3) is 5.27. The molecule has 0 aromatic heterocycles. The van der Waals surface area contributed by atoms with Crippen LogP contribution in [0, 0.1) is 0 Å². The van der Waals surface area contributed by atoms with E-state index < -0.39 is 0 Å². The van der Waals surface area contributed by atoms with Crippen molar-refractivity contribution in [3.8, 4) is 0 Å². The summed E-state index contributed by atoms with van der Waals surface area (Å²) in [6.07, 6.45) is 3.26. The first-order chi connectivity index (χ1) is 8.69. The van der Waals surface area contributed by atoms with Crippen molar-refractivity contribution in [2.45, 2.75) is 32.2 Å². The van der Waals surface area contributed by atoms with E-state index in [0.717, 1.165) is 41.9 Å². The number of methoxy groups -OCH3 is 1. The minimum absolute atomic E-state index is 0.369. The Morgan fingerprint density at radius 3 is 2.83 bits per heavy atom. The van der Waals surface area contributed by atoms with Gasteiger partial charge in [0.1, 0.15) is 0 Å². The van der Waals surface area contributed by atoms with Gasteiger partial charge in [-0.15, -0.1) is 0 Å². The van der Waals surface area contributed by atoms with E-state index in [1.54, 1.807) is 7.11 Å². The van der Waals surface area contributed by atoms with Crippen molar-refractivity contribution in [2.75, 3.05) is 20.3 Å². The molecule has 0 saturated carbocycles. The predicted octanol–water partition coefficient (Wildman–Crippen LogP) is 4.57. The van der Waals surface area contributed by atoms with Crippen molar-refractivity contribution in [1.82, 2.24) is 5.32 Å². The van der Waals surface area contributed by atoms with E-state index in [9.17, 15) is 0 Å². The van der Waals surface area contributed by atoms with E-state index in [-0.39, 0.29) is 0 Å². The summed E-state index contributed by atoms with van der Waals surface area (Å²) < 4.78 is 6.07. The van der Waals surface area contributed by atoms with E-state index in [0.29, 0.717) is 6.04 Å². The third-order valence-electron chi connectivity index (χ3n) is 2.83. The Bertz CT molecular complexity index is 360. The highest BCUT2D eigenvalue weighted by Crippen LogP contribution is 2.27. The summed E-state index contributed by atoms with van der Waals surface area (Å²) in [6.45, 7) is 4.01. The summed E-state index contributed by atoms with van der Waals surface area (Å²) in [5, 5.41) is 4.33. The van der Waals surface area contributed by atoms with Crippen LogP contribution in [0.4, 0.5) is 0 Å². The molecule has 102 valence electrons. The van der Waals surface area contributed by atoms with E-state index in [1.807, 2.05) is 6.07 Å². The van der Waals surface area contributed by atoms with E-state index in [1.165, 1.54) is 5.56 Å². The fraction of sp³-hybridized carbons (Fsp3) is 0.571. The first kappa shape index (κ1) is 16.0. The summed E-state index contributed by atoms with van der Waals surface area (Å²) in [7, 11) is 1.74. The van der Waals surface area contributed by atoms with Gasteiger partial charge in [0.2, 0.25) is 0 Å². The molecule has 1 N–H and O–H groups in total. The van der Waals surface area contributed by atoms with Crippen molar-refractivity contribution in [1.29, 1.82) is 0 Å². The van der Waals surface area contributed by atoms with Gasteiger partial charge in [0.25, 0.3) is 0 Å². The highest BCUT2D eigenvalue weighted by atomic mass is 79.9. The van der Waals surface area contributed by atoms with Crippen LogP contribution in [0.15, 0.2) is 22.7 Å². The molecule has 0 bridgehead atoms. The van der Waals surface area contributed by atoms with Gasteiger partial charge in [-0.2, -0.15) is 0 Å². The van der Waals surface area contributed by atoms with Crippen molar-refractivity contribution in [3.05, 3.63) is 33.3 Å². The van der Waals surface area contributed by atoms with Crippen LogP contribution < -0.4 is 5.32 Å². The zero-order chi connectivity index (χ0) is 13.4. The molecule has 18 heavy (non-hydrogen) atoms. The SMILES string of the molecule is CCCNC(CCCOC)c1ccc(Cl)c(Br)c1. The van der Waals surface area contributed by atoms with Crippen LogP contribution in [-0.2, 0) is 4.74 Å². The van der Waals surface area contributed by atoms with Crippen LogP contribution >= 0.6 is 27.5 Å². The highest BCUT2D eigenvalue weighted by molar-refractivity contribution is 9.10. The van der Waals surface area contributed by atoms with Crippen LogP contribution in [0.3, 0.4) is 0 Å². The molecule has 0 aliphatic heterocycles. The van der Waals surface area contributed by atoms with Crippen LogP contribution in [0.2, 0.25) is 5.02 Å². The molecule has 1 atom stereocenters. The van der Waals surface area contributed by atoms with Crippen molar-refractivity contribution < 1.29 is 4.74 Å². The van der Waals surface area contributed by atoms with Gasteiger partial charge in [-0.25, -0.2) is 0 Å². The van der Waals surface area contributed by atoms with E-state index >= 15 is 0 Å². The third-order valence-corrected chi connectivity index (χ3v) is 4.04. The van der Waals surface area contributed by atoms with Crippen LogP contribution in [-0.4, -0.2) is 20.3 Å². The van der Waals surface area contributed by atoms with Crippen LogP contribution in [0.25, 0.3) is 0 Å². The second-order valence-electron chi connectivity index (χ2n) is 4.32. The molecule has 1 unspecified atom stereocenters. The molecule has 1 aromatic rings. The van der Waals surface area contributed by atoms with Crippen LogP contribution in [0.5, 0.6) is 0 Å². The average molecular weight is 335 g/mol. The number of benzene rings is 1. The van der Waals surface area contributed by atoms with Gasteiger partial charge >= 0.3 is 0 Å². The monoisotopic (exact) mass is 333 g/mol. The smallest absolute Gasteiger partial charge is 0.0548 e. The van der Waals surface area contributed by atoms with E-state index in [2.05, 4.69) is 40.3 Å². The zero-order valence-corrected chi connectivity index (χ0v) is 13.4. The van der Waals surface area contributed by atoms with Gasteiger partial charge in [0, 0.05) is 24.2 Å². The van der Waals surface area contributed by atoms with Crippen molar-refractivity contribution in [2.24, 2.45) is 0 Å². The van der Waals surface area contributed by atoms with Crippen LogP contribution in [0.1, 0.15) is 37.8 Å². The first-order valence-corrected chi connectivity index (χ1v) is 7.53. The standard InChI is InChI=1S/C14H21BrClNO/c1-3-8-17-14(5-4-9-18-2)11-6-7-13(16)12(15)10-11/h6-7,10,14,17H,3-5,8-9H2,1-2H3. The summed E-state index contributed by atoms with van der Waals surface area (Å²) in [6, 6.07) is 6.50. The maximum absolute atomic E-state index is 6.03.